The van der Waals surface area contributed by atoms with E-state index in [9.17, 15) is 0 Å². The predicted octanol–water partition coefficient (Wildman–Crippen LogP) is 13.4. The molecule has 0 unspecified atom stereocenters. The number of hydrogen-bond acceptors (Lipinski definition) is 1. The molecule has 0 aliphatic rings. The van der Waals surface area contributed by atoms with Gasteiger partial charge < -0.3 is 13.4 Å². The molecule has 0 spiro atoms. The molecular formula is C48H27N3S. The largest absolute Gasteiger partial charge is 0.308 e. The van der Waals surface area contributed by atoms with Crippen LogP contribution in [-0.2, 0) is 0 Å². The summed E-state index contributed by atoms with van der Waals surface area (Å²) in [5, 5.41) is 12.7. The third-order valence-electron chi connectivity index (χ3n) is 11.6. The first-order valence-corrected chi connectivity index (χ1v) is 18.7. The number of nitrogens with zero attached hydrogens (tertiary/aromatic N) is 3. The third kappa shape index (κ3) is 3.23. The highest BCUT2D eigenvalue weighted by Gasteiger charge is 2.22. The highest BCUT2D eigenvalue weighted by atomic mass is 32.1. The molecule has 13 aromatic rings. The molecule has 0 atom stereocenters. The highest BCUT2D eigenvalue weighted by molar-refractivity contribution is 7.26. The molecule has 0 N–H and O–H groups in total. The van der Waals surface area contributed by atoms with Gasteiger partial charge in [-0.1, -0.05) is 121 Å². The van der Waals surface area contributed by atoms with Crippen LogP contribution in [0, 0.1) is 0 Å². The van der Waals surface area contributed by atoms with Crippen LogP contribution in [-0.4, -0.2) is 13.4 Å². The van der Waals surface area contributed by atoms with Gasteiger partial charge in [0.2, 0.25) is 0 Å². The first-order valence-electron chi connectivity index (χ1n) is 17.9. The molecule has 13 rings (SSSR count). The SMILES string of the molecule is c1ccc2c(c1)sc1c(-n3c4ccccc4c4cc5c(cc43)n3c4ccccc4c4cccc(c6cccc7c8ccccc8n5c76)c43)cccc12. The van der Waals surface area contributed by atoms with Crippen LogP contribution in [0.5, 0.6) is 0 Å². The number of thiophene rings is 1. The predicted molar refractivity (Wildman–Crippen MR) is 223 cm³/mol. The molecule has 0 amide bonds. The van der Waals surface area contributed by atoms with Crippen molar-refractivity contribution >= 4 is 119 Å². The molecule has 0 bridgehead atoms. The third-order valence-corrected chi connectivity index (χ3v) is 12.8. The lowest BCUT2D eigenvalue weighted by Gasteiger charge is -2.13. The van der Waals surface area contributed by atoms with Gasteiger partial charge in [-0.3, -0.25) is 0 Å². The van der Waals surface area contributed by atoms with Crippen molar-refractivity contribution in [2.24, 2.45) is 0 Å². The van der Waals surface area contributed by atoms with E-state index in [2.05, 4.69) is 177 Å². The first kappa shape index (κ1) is 27.1. The number of hydrogen-bond donors (Lipinski definition) is 0. The van der Waals surface area contributed by atoms with Crippen LogP contribution < -0.4 is 0 Å². The van der Waals surface area contributed by atoms with Crippen molar-refractivity contribution in [2.75, 3.05) is 0 Å². The van der Waals surface area contributed by atoms with Gasteiger partial charge in [0.25, 0.3) is 0 Å². The zero-order valence-electron chi connectivity index (χ0n) is 27.8. The second-order valence-electron chi connectivity index (χ2n) is 14.1. The summed E-state index contributed by atoms with van der Waals surface area (Å²) in [7, 11) is 0. The van der Waals surface area contributed by atoms with Crippen molar-refractivity contribution in [3.8, 4) is 5.69 Å². The van der Waals surface area contributed by atoms with Crippen LogP contribution in [0.25, 0.3) is 113 Å². The van der Waals surface area contributed by atoms with E-state index in [-0.39, 0.29) is 0 Å². The molecular weight excluding hydrogens is 651 g/mol. The number of benzene rings is 8. The van der Waals surface area contributed by atoms with Crippen LogP contribution in [0.2, 0.25) is 0 Å². The Morgan fingerprint density at radius 1 is 0.308 bits per heavy atom. The van der Waals surface area contributed by atoms with Crippen LogP contribution in [0.15, 0.2) is 164 Å². The maximum atomic E-state index is 2.55. The Morgan fingerprint density at radius 2 is 0.769 bits per heavy atom. The summed E-state index contributed by atoms with van der Waals surface area (Å²) in [6, 6.07) is 61.0. The fourth-order valence-electron chi connectivity index (χ4n) is 9.49. The molecule has 52 heavy (non-hydrogen) atoms. The Bertz CT molecular complexity index is 3700. The Hall–Kier alpha value is -6.62. The van der Waals surface area contributed by atoms with E-state index in [4.69, 9.17) is 0 Å². The fraction of sp³-hybridized carbons (Fsp3) is 0. The fourth-order valence-corrected chi connectivity index (χ4v) is 10.7. The highest BCUT2D eigenvalue weighted by Crippen LogP contribution is 2.44. The van der Waals surface area contributed by atoms with Crippen molar-refractivity contribution in [1.29, 1.82) is 0 Å². The maximum absolute atomic E-state index is 2.55. The quantitative estimate of drug-likeness (QED) is 0.164. The monoisotopic (exact) mass is 677 g/mol. The van der Waals surface area contributed by atoms with Gasteiger partial charge in [-0.2, -0.15) is 0 Å². The molecule has 3 nitrogen and oxygen atoms in total. The minimum absolute atomic E-state index is 1.18. The number of rotatable bonds is 1. The lowest BCUT2D eigenvalue weighted by atomic mass is 10.0. The Morgan fingerprint density at radius 3 is 1.42 bits per heavy atom. The number of aromatic nitrogens is 3. The molecule has 5 aromatic heterocycles. The van der Waals surface area contributed by atoms with Crippen molar-refractivity contribution in [3.05, 3.63) is 164 Å². The smallest absolute Gasteiger partial charge is 0.0724 e. The summed E-state index contributed by atoms with van der Waals surface area (Å²) in [5.41, 5.74) is 10.9. The lowest BCUT2D eigenvalue weighted by Crippen LogP contribution is -1.97. The van der Waals surface area contributed by atoms with Crippen molar-refractivity contribution in [1.82, 2.24) is 13.4 Å². The van der Waals surface area contributed by atoms with E-state index >= 15 is 0 Å². The van der Waals surface area contributed by atoms with Crippen molar-refractivity contribution in [3.63, 3.8) is 0 Å². The van der Waals surface area contributed by atoms with E-state index < -0.39 is 0 Å². The Labute approximate surface area is 300 Å². The average molecular weight is 678 g/mol. The second-order valence-corrected chi connectivity index (χ2v) is 15.1. The molecule has 0 aliphatic heterocycles. The molecule has 0 fully saturated rings. The van der Waals surface area contributed by atoms with Crippen LogP contribution >= 0.6 is 11.3 Å². The molecule has 8 aromatic carbocycles. The normalized spacial score (nSPS) is 12.6. The summed E-state index contributed by atoms with van der Waals surface area (Å²) in [5.74, 6) is 0. The molecule has 0 aliphatic carbocycles. The van der Waals surface area contributed by atoms with Gasteiger partial charge >= 0.3 is 0 Å². The molecule has 0 saturated carbocycles. The minimum atomic E-state index is 1.18. The molecule has 5 heterocycles. The zero-order valence-corrected chi connectivity index (χ0v) is 28.7. The summed E-state index contributed by atoms with van der Waals surface area (Å²) in [6.07, 6.45) is 0. The average Bonchev–Trinajstić information content (AvgIpc) is 3.93. The van der Waals surface area contributed by atoms with Gasteiger partial charge in [0.15, 0.2) is 0 Å². The van der Waals surface area contributed by atoms with E-state index in [0.717, 1.165) is 0 Å². The van der Waals surface area contributed by atoms with Crippen molar-refractivity contribution in [2.45, 2.75) is 0 Å². The molecule has 4 heteroatoms. The van der Waals surface area contributed by atoms with Gasteiger partial charge in [-0.05, 0) is 42.5 Å². The minimum Gasteiger partial charge on any atom is -0.308 e. The lowest BCUT2D eigenvalue weighted by molar-refractivity contribution is 1.20. The van der Waals surface area contributed by atoms with Gasteiger partial charge in [0.1, 0.15) is 0 Å². The van der Waals surface area contributed by atoms with E-state index in [0.29, 0.717) is 0 Å². The van der Waals surface area contributed by atoms with Gasteiger partial charge in [-0.25, -0.2) is 0 Å². The summed E-state index contributed by atoms with van der Waals surface area (Å²) in [6.45, 7) is 0. The number of fused-ring (bicyclic) bond motifs is 16. The van der Waals surface area contributed by atoms with E-state index in [1.165, 1.54) is 113 Å². The van der Waals surface area contributed by atoms with E-state index in [1.807, 2.05) is 11.3 Å². The molecule has 240 valence electrons. The summed E-state index contributed by atoms with van der Waals surface area (Å²) >= 11 is 1.89. The standard InChI is InChI=1S/C48H27N3S/c1-6-22-39-28(12-1)32-16-9-18-34-35-19-10-17-33-29-13-2-7-23-40(29)51(47(33)35)44-27-42-37(26-43(44)50(39)46(32)34)30-14-3-5-21-38(30)49(42)41-24-11-20-36-31-15-4-8-25-45(31)52-48(36)41/h1-27H. The van der Waals surface area contributed by atoms with Crippen LogP contribution in [0.3, 0.4) is 0 Å². The zero-order chi connectivity index (χ0) is 33.7. The maximum Gasteiger partial charge on any atom is 0.0724 e. The topological polar surface area (TPSA) is 13.8 Å². The first-order chi connectivity index (χ1) is 25.8. The molecule has 0 saturated heterocycles. The van der Waals surface area contributed by atoms with E-state index in [1.54, 1.807) is 0 Å². The van der Waals surface area contributed by atoms with Crippen LogP contribution in [0.4, 0.5) is 0 Å². The van der Waals surface area contributed by atoms with Gasteiger partial charge in [-0.15, -0.1) is 11.3 Å². The van der Waals surface area contributed by atoms with Gasteiger partial charge in [0, 0.05) is 58.6 Å². The summed E-state index contributed by atoms with van der Waals surface area (Å²) < 4.78 is 10.2. The van der Waals surface area contributed by atoms with Gasteiger partial charge in [0.05, 0.1) is 54.5 Å². The second kappa shape index (κ2) is 9.58. The van der Waals surface area contributed by atoms with Crippen molar-refractivity contribution < 1.29 is 0 Å². The molecule has 0 radical (unpaired) electrons. The Balaban J connectivity index is 1.36. The van der Waals surface area contributed by atoms with Crippen LogP contribution in [0.1, 0.15) is 0 Å². The Kier molecular flexibility index (Phi) is 5.00. The number of para-hydroxylation sites is 5. The summed E-state index contributed by atoms with van der Waals surface area (Å²) in [4.78, 5) is 0.